The Kier molecular flexibility index (Phi) is 5.57. The first kappa shape index (κ1) is 15.9. The zero-order valence-corrected chi connectivity index (χ0v) is 13.2. The molecule has 0 aromatic carbocycles. The van der Waals surface area contributed by atoms with Gasteiger partial charge in [-0.1, -0.05) is 19.3 Å². The lowest BCUT2D eigenvalue weighted by molar-refractivity contribution is -0.118. The van der Waals surface area contributed by atoms with Gasteiger partial charge in [0.05, 0.1) is 0 Å². The number of carbonyl (C=O) groups excluding carboxylic acids is 1. The monoisotopic (exact) mass is 302 g/mol. The minimum atomic E-state index is -3.39. The molecule has 116 valence electrons. The molecule has 0 aliphatic carbocycles. The maximum absolute atomic E-state index is 12.8. The van der Waals surface area contributed by atoms with Crippen LogP contribution in [0.4, 0.5) is 0 Å². The summed E-state index contributed by atoms with van der Waals surface area (Å²) in [4.78, 5) is 11.4. The fraction of sp³-hybridized carbons (Fsp3) is 0.929. The predicted molar refractivity (Wildman–Crippen MR) is 78.6 cm³/mol. The van der Waals surface area contributed by atoms with Gasteiger partial charge in [-0.2, -0.15) is 17.0 Å². The Balaban J connectivity index is 2.13. The smallest absolute Gasteiger partial charge is 0.282 e. The minimum Gasteiger partial charge on any atom is -0.300 e. The van der Waals surface area contributed by atoms with Crippen LogP contribution < -0.4 is 0 Å². The summed E-state index contributed by atoms with van der Waals surface area (Å²) in [7, 11) is -3.39. The van der Waals surface area contributed by atoms with Gasteiger partial charge in [-0.3, -0.25) is 4.79 Å². The molecule has 2 saturated heterocycles. The number of carbonyl (C=O) groups is 1. The molecule has 0 spiro atoms. The molecule has 0 saturated carbocycles. The van der Waals surface area contributed by atoms with E-state index < -0.39 is 10.2 Å². The maximum atomic E-state index is 12.8. The Labute approximate surface area is 122 Å². The van der Waals surface area contributed by atoms with Gasteiger partial charge in [0, 0.05) is 32.1 Å². The lowest BCUT2D eigenvalue weighted by Gasteiger charge is -2.37. The molecule has 2 fully saturated rings. The zero-order chi connectivity index (χ0) is 14.6. The Morgan fingerprint density at radius 1 is 1.00 bits per heavy atom. The van der Waals surface area contributed by atoms with Crippen molar-refractivity contribution in [1.82, 2.24) is 8.61 Å². The minimum absolute atomic E-state index is 0.0768. The molecule has 2 aliphatic heterocycles. The van der Waals surface area contributed by atoms with Crippen molar-refractivity contribution in [2.24, 2.45) is 0 Å². The van der Waals surface area contributed by atoms with Crippen LogP contribution in [0.5, 0.6) is 0 Å². The molecule has 6 heteroatoms. The van der Waals surface area contributed by atoms with E-state index in [0.29, 0.717) is 26.1 Å². The average molecular weight is 302 g/mol. The van der Waals surface area contributed by atoms with Crippen LogP contribution >= 0.6 is 0 Å². The van der Waals surface area contributed by atoms with E-state index in [4.69, 9.17) is 0 Å². The lowest BCUT2D eigenvalue weighted by atomic mass is 10.0. The molecule has 1 unspecified atom stereocenters. The number of nitrogens with zero attached hydrogens (tertiary/aromatic N) is 2. The van der Waals surface area contributed by atoms with E-state index in [9.17, 15) is 13.2 Å². The Morgan fingerprint density at radius 3 is 2.20 bits per heavy atom. The number of hydrogen-bond donors (Lipinski definition) is 0. The normalized spacial score (nSPS) is 27.1. The highest BCUT2D eigenvalue weighted by atomic mass is 32.2. The fourth-order valence-electron chi connectivity index (χ4n) is 3.23. The van der Waals surface area contributed by atoms with Crippen LogP contribution in [0.1, 0.15) is 58.3 Å². The van der Waals surface area contributed by atoms with Gasteiger partial charge >= 0.3 is 0 Å². The molecule has 0 aromatic heterocycles. The largest absolute Gasteiger partial charge is 0.300 e. The predicted octanol–water partition coefficient (Wildman–Crippen LogP) is 1.94. The third-order valence-electron chi connectivity index (χ3n) is 4.28. The van der Waals surface area contributed by atoms with Crippen LogP contribution in [0.3, 0.4) is 0 Å². The summed E-state index contributed by atoms with van der Waals surface area (Å²) in [6.07, 6.45) is 7.21. The number of hydrogen-bond acceptors (Lipinski definition) is 3. The molecule has 0 radical (unpaired) electrons. The van der Waals surface area contributed by atoms with Crippen LogP contribution in [-0.2, 0) is 15.0 Å². The van der Waals surface area contributed by atoms with Crippen molar-refractivity contribution in [3.8, 4) is 0 Å². The SMILES string of the molecule is CC(=O)CC1CCCCN1S(=O)(=O)N1CCCCCC1. The van der Waals surface area contributed by atoms with Gasteiger partial charge in [0.1, 0.15) is 5.78 Å². The second-order valence-corrected chi connectivity index (χ2v) is 7.87. The van der Waals surface area contributed by atoms with E-state index >= 15 is 0 Å². The Bertz CT molecular complexity index is 428. The Hall–Kier alpha value is -0.460. The first-order valence-electron chi connectivity index (χ1n) is 7.78. The number of piperidine rings is 1. The van der Waals surface area contributed by atoms with E-state index in [1.807, 2.05) is 0 Å². The maximum Gasteiger partial charge on any atom is 0.282 e. The molecular formula is C14H26N2O3S. The zero-order valence-electron chi connectivity index (χ0n) is 12.4. The molecule has 0 amide bonds. The van der Waals surface area contributed by atoms with E-state index in [-0.39, 0.29) is 11.8 Å². The molecule has 2 aliphatic rings. The summed E-state index contributed by atoms with van der Waals surface area (Å²) in [5, 5.41) is 0. The van der Waals surface area contributed by atoms with Gasteiger partial charge in [-0.05, 0) is 32.6 Å². The molecule has 1 atom stereocenters. The van der Waals surface area contributed by atoms with Crippen LogP contribution in [-0.4, -0.2) is 48.5 Å². The highest BCUT2D eigenvalue weighted by molar-refractivity contribution is 7.86. The number of Topliss-reactive ketones (excluding diaryl/α,β-unsaturated/α-hetero) is 1. The van der Waals surface area contributed by atoms with Gasteiger partial charge in [-0.15, -0.1) is 0 Å². The highest BCUT2D eigenvalue weighted by Gasteiger charge is 2.36. The quantitative estimate of drug-likeness (QED) is 0.797. The molecule has 0 aromatic rings. The van der Waals surface area contributed by atoms with E-state index in [1.165, 1.54) is 0 Å². The van der Waals surface area contributed by atoms with Crippen molar-refractivity contribution in [2.45, 2.75) is 64.3 Å². The molecule has 20 heavy (non-hydrogen) atoms. The second-order valence-electron chi connectivity index (χ2n) is 5.99. The van der Waals surface area contributed by atoms with Crippen molar-refractivity contribution in [3.63, 3.8) is 0 Å². The number of rotatable bonds is 4. The average Bonchev–Trinajstić information content (AvgIpc) is 2.67. The molecule has 5 nitrogen and oxygen atoms in total. The summed E-state index contributed by atoms with van der Waals surface area (Å²) < 4.78 is 28.9. The highest BCUT2D eigenvalue weighted by Crippen LogP contribution is 2.26. The molecule has 2 rings (SSSR count). The molecule has 0 N–H and O–H groups in total. The van der Waals surface area contributed by atoms with E-state index in [1.54, 1.807) is 15.5 Å². The third kappa shape index (κ3) is 3.80. The topological polar surface area (TPSA) is 57.7 Å². The standard InChI is InChI=1S/C14H26N2O3S/c1-13(17)12-14-8-4-7-11-16(14)20(18,19)15-9-5-2-3-6-10-15/h14H,2-12H2,1H3. The molecule has 2 heterocycles. The number of ketones is 1. The van der Waals surface area contributed by atoms with Crippen LogP contribution in [0.25, 0.3) is 0 Å². The van der Waals surface area contributed by atoms with Crippen LogP contribution in [0, 0.1) is 0 Å². The van der Waals surface area contributed by atoms with Crippen molar-refractivity contribution < 1.29 is 13.2 Å². The van der Waals surface area contributed by atoms with Crippen molar-refractivity contribution >= 4 is 16.0 Å². The Morgan fingerprint density at radius 2 is 1.60 bits per heavy atom. The van der Waals surface area contributed by atoms with Crippen molar-refractivity contribution in [1.29, 1.82) is 0 Å². The van der Waals surface area contributed by atoms with Gasteiger partial charge < -0.3 is 0 Å². The van der Waals surface area contributed by atoms with E-state index in [0.717, 1.165) is 44.9 Å². The summed E-state index contributed by atoms with van der Waals surface area (Å²) >= 11 is 0. The van der Waals surface area contributed by atoms with Gasteiger partial charge in [0.25, 0.3) is 10.2 Å². The van der Waals surface area contributed by atoms with Gasteiger partial charge in [0.2, 0.25) is 0 Å². The van der Waals surface area contributed by atoms with Crippen molar-refractivity contribution in [3.05, 3.63) is 0 Å². The van der Waals surface area contributed by atoms with Crippen LogP contribution in [0.15, 0.2) is 0 Å². The summed E-state index contributed by atoms with van der Waals surface area (Å²) in [5.41, 5.74) is 0. The summed E-state index contributed by atoms with van der Waals surface area (Å²) in [6.45, 7) is 3.37. The summed E-state index contributed by atoms with van der Waals surface area (Å²) in [6, 6.07) is -0.130. The second kappa shape index (κ2) is 7.00. The van der Waals surface area contributed by atoms with Crippen molar-refractivity contribution in [2.75, 3.05) is 19.6 Å². The van der Waals surface area contributed by atoms with Crippen LogP contribution in [0.2, 0.25) is 0 Å². The van der Waals surface area contributed by atoms with Gasteiger partial charge in [0.15, 0.2) is 0 Å². The first-order chi connectivity index (χ1) is 9.51. The molecular weight excluding hydrogens is 276 g/mol. The third-order valence-corrected chi connectivity index (χ3v) is 6.38. The molecule has 0 bridgehead atoms. The summed E-state index contributed by atoms with van der Waals surface area (Å²) in [5.74, 6) is 0.0768. The van der Waals surface area contributed by atoms with Gasteiger partial charge in [-0.25, -0.2) is 0 Å². The fourth-order valence-corrected chi connectivity index (χ4v) is 5.17. The lowest BCUT2D eigenvalue weighted by Crippen LogP contribution is -2.51. The van der Waals surface area contributed by atoms with E-state index in [2.05, 4.69) is 0 Å². The first-order valence-corrected chi connectivity index (χ1v) is 9.18.